The zero-order valence-corrected chi connectivity index (χ0v) is 16.0. The van der Waals surface area contributed by atoms with Gasteiger partial charge in [0.25, 0.3) is 0 Å². The minimum Gasteiger partial charge on any atom is -0.497 e. The molecule has 2 amide bonds. The van der Waals surface area contributed by atoms with Gasteiger partial charge in [-0.05, 0) is 38.1 Å². The van der Waals surface area contributed by atoms with Crippen LogP contribution in [0.5, 0.6) is 5.75 Å². The fourth-order valence-corrected chi connectivity index (χ4v) is 3.68. The molecule has 0 bridgehead atoms. The summed E-state index contributed by atoms with van der Waals surface area (Å²) in [6.07, 6.45) is 3.78. The maximum Gasteiger partial charge on any atom is 0.237 e. The number of hydrogen-bond acceptors (Lipinski definition) is 5. The minimum atomic E-state index is -0.221. The molecule has 2 aliphatic rings. The van der Waals surface area contributed by atoms with E-state index in [1.807, 2.05) is 23.1 Å². The molecular weight excluding hydrogens is 346 g/mol. The molecule has 0 radical (unpaired) electrons. The number of hydrogen-bond donors (Lipinski definition) is 1. The first-order valence-corrected chi connectivity index (χ1v) is 9.69. The summed E-state index contributed by atoms with van der Waals surface area (Å²) in [5.74, 6) is 0.654. The average molecular weight is 375 g/mol. The molecule has 2 heterocycles. The van der Waals surface area contributed by atoms with Crippen LogP contribution in [0.4, 0.5) is 5.69 Å². The number of morpholine rings is 1. The topological polar surface area (TPSA) is 71.1 Å². The van der Waals surface area contributed by atoms with E-state index in [2.05, 4.69) is 10.2 Å². The van der Waals surface area contributed by atoms with Gasteiger partial charge < -0.3 is 19.7 Å². The van der Waals surface area contributed by atoms with Crippen LogP contribution in [0.3, 0.4) is 0 Å². The third-order valence-electron chi connectivity index (χ3n) is 5.13. The van der Waals surface area contributed by atoms with E-state index in [4.69, 9.17) is 9.47 Å². The van der Waals surface area contributed by atoms with Crippen LogP contribution in [0.1, 0.15) is 25.7 Å². The van der Waals surface area contributed by atoms with Gasteiger partial charge in [-0.2, -0.15) is 0 Å². The number of carbonyl (C=O) groups excluding carboxylic acids is 2. The van der Waals surface area contributed by atoms with E-state index in [9.17, 15) is 9.59 Å². The molecule has 2 aliphatic heterocycles. The molecule has 0 aromatic heterocycles. The van der Waals surface area contributed by atoms with Crippen molar-refractivity contribution >= 4 is 17.5 Å². The Morgan fingerprint density at radius 3 is 2.81 bits per heavy atom. The summed E-state index contributed by atoms with van der Waals surface area (Å²) in [5.41, 5.74) is 0.683. The van der Waals surface area contributed by atoms with Crippen LogP contribution < -0.4 is 10.1 Å². The van der Waals surface area contributed by atoms with Crippen molar-refractivity contribution < 1.29 is 19.1 Å². The van der Waals surface area contributed by atoms with Crippen molar-refractivity contribution in [3.05, 3.63) is 24.3 Å². The molecule has 1 aromatic rings. The van der Waals surface area contributed by atoms with E-state index in [0.29, 0.717) is 37.7 Å². The third kappa shape index (κ3) is 5.68. The van der Waals surface area contributed by atoms with Gasteiger partial charge in [-0.15, -0.1) is 0 Å². The first kappa shape index (κ1) is 19.6. The summed E-state index contributed by atoms with van der Waals surface area (Å²) < 4.78 is 10.7. The highest BCUT2D eigenvalue weighted by molar-refractivity contribution is 5.91. The SMILES string of the molecule is COc1cccc(NC(=O)C[C@@H]2COCCN2C(=O)CN2CCCCC2)c1. The van der Waals surface area contributed by atoms with Crippen molar-refractivity contribution in [2.45, 2.75) is 31.7 Å². The summed E-state index contributed by atoms with van der Waals surface area (Å²) >= 11 is 0. The van der Waals surface area contributed by atoms with Crippen molar-refractivity contribution in [3.63, 3.8) is 0 Å². The number of nitrogens with one attached hydrogen (secondary N) is 1. The normalized spacial score (nSPS) is 20.9. The molecule has 1 N–H and O–H groups in total. The summed E-state index contributed by atoms with van der Waals surface area (Å²) in [7, 11) is 1.59. The molecule has 2 saturated heterocycles. The molecule has 1 atom stereocenters. The van der Waals surface area contributed by atoms with Crippen molar-refractivity contribution in [3.8, 4) is 5.75 Å². The van der Waals surface area contributed by atoms with Gasteiger partial charge in [-0.3, -0.25) is 14.5 Å². The Kier molecular flexibility index (Phi) is 7.06. The molecule has 0 unspecified atom stereocenters. The highest BCUT2D eigenvalue weighted by atomic mass is 16.5. The lowest BCUT2D eigenvalue weighted by molar-refractivity contribution is -0.142. The Labute approximate surface area is 160 Å². The van der Waals surface area contributed by atoms with Gasteiger partial charge in [0.2, 0.25) is 11.8 Å². The van der Waals surface area contributed by atoms with Gasteiger partial charge >= 0.3 is 0 Å². The van der Waals surface area contributed by atoms with Crippen LogP contribution in [0.25, 0.3) is 0 Å². The fourth-order valence-electron chi connectivity index (χ4n) is 3.68. The lowest BCUT2D eigenvalue weighted by Gasteiger charge is -2.37. The lowest BCUT2D eigenvalue weighted by Crippen LogP contribution is -2.53. The van der Waals surface area contributed by atoms with Crippen LogP contribution in [-0.4, -0.2) is 74.2 Å². The highest BCUT2D eigenvalue weighted by Crippen LogP contribution is 2.18. The number of ether oxygens (including phenoxy) is 2. The van der Waals surface area contributed by atoms with Gasteiger partial charge in [0.1, 0.15) is 5.75 Å². The molecule has 27 heavy (non-hydrogen) atoms. The minimum absolute atomic E-state index is 0.0966. The Bertz CT molecular complexity index is 646. The van der Waals surface area contributed by atoms with Gasteiger partial charge in [-0.25, -0.2) is 0 Å². The average Bonchev–Trinajstić information content (AvgIpc) is 2.69. The fraction of sp³-hybridized carbons (Fsp3) is 0.600. The van der Waals surface area contributed by atoms with Gasteiger partial charge in [0.05, 0.1) is 32.9 Å². The predicted octanol–water partition coefficient (Wildman–Crippen LogP) is 1.74. The zero-order chi connectivity index (χ0) is 19.1. The largest absolute Gasteiger partial charge is 0.497 e. The highest BCUT2D eigenvalue weighted by Gasteiger charge is 2.30. The summed E-state index contributed by atoms with van der Waals surface area (Å²) in [6, 6.07) is 7.02. The van der Waals surface area contributed by atoms with Crippen molar-refractivity contribution in [1.29, 1.82) is 0 Å². The van der Waals surface area contributed by atoms with Crippen molar-refractivity contribution in [1.82, 2.24) is 9.80 Å². The van der Waals surface area contributed by atoms with Crippen LogP contribution >= 0.6 is 0 Å². The van der Waals surface area contributed by atoms with Crippen molar-refractivity contribution in [2.75, 3.05) is 51.8 Å². The quantitative estimate of drug-likeness (QED) is 0.820. The standard InChI is InChI=1S/C20H29N3O4/c1-26-18-7-5-6-16(12-18)21-19(24)13-17-15-27-11-10-23(17)20(25)14-22-8-3-2-4-9-22/h5-7,12,17H,2-4,8-11,13-15H2,1H3,(H,21,24)/t17-/m1/s1. The monoisotopic (exact) mass is 375 g/mol. The number of carbonyl (C=O) groups is 2. The van der Waals surface area contributed by atoms with Crippen LogP contribution in [0.2, 0.25) is 0 Å². The van der Waals surface area contributed by atoms with E-state index < -0.39 is 0 Å². The number of amides is 2. The number of piperidine rings is 1. The zero-order valence-electron chi connectivity index (χ0n) is 16.0. The molecule has 2 fully saturated rings. The number of anilines is 1. The first-order chi connectivity index (χ1) is 13.2. The van der Waals surface area contributed by atoms with Gasteiger partial charge in [-0.1, -0.05) is 12.5 Å². The Balaban J connectivity index is 1.55. The van der Waals surface area contributed by atoms with Crippen molar-refractivity contribution in [2.24, 2.45) is 0 Å². The second kappa shape index (κ2) is 9.71. The van der Waals surface area contributed by atoms with E-state index in [1.54, 1.807) is 13.2 Å². The number of benzene rings is 1. The van der Waals surface area contributed by atoms with Crippen LogP contribution in [0.15, 0.2) is 24.3 Å². The second-order valence-corrected chi connectivity index (χ2v) is 7.14. The van der Waals surface area contributed by atoms with Gasteiger partial charge in [0, 0.05) is 24.7 Å². The maximum absolute atomic E-state index is 12.8. The Morgan fingerprint density at radius 1 is 1.22 bits per heavy atom. The molecule has 7 heteroatoms. The maximum atomic E-state index is 12.8. The van der Waals surface area contributed by atoms with Crippen LogP contribution in [0, 0.1) is 0 Å². The molecule has 3 rings (SSSR count). The van der Waals surface area contributed by atoms with E-state index in [0.717, 1.165) is 25.9 Å². The summed E-state index contributed by atoms with van der Waals surface area (Å²) in [5, 5.41) is 2.88. The molecule has 7 nitrogen and oxygen atoms in total. The lowest BCUT2D eigenvalue weighted by atomic mass is 10.1. The molecular formula is C20H29N3O4. The summed E-state index contributed by atoms with van der Waals surface area (Å²) in [6.45, 7) is 3.88. The Hall–Kier alpha value is -2.12. The Morgan fingerprint density at radius 2 is 2.04 bits per heavy atom. The molecule has 0 saturated carbocycles. The van der Waals surface area contributed by atoms with Gasteiger partial charge in [0.15, 0.2) is 0 Å². The first-order valence-electron chi connectivity index (χ1n) is 9.69. The molecule has 0 spiro atoms. The number of likely N-dealkylation sites (tertiary alicyclic amines) is 1. The van der Waals surface area contributed by atoms with E-state index in [1.165, 1.54) is 6.42 Å². The number of methoxy groups -OCH3 is 1. The molecule has 1 aromatic carbocycles. The third-order valence-corrected chi connectivity index (χ3v) is 5.13. The summed E-state index contributed by atoms with van der Waals surface area (Å²) in [4.78, 5) is 29.3. The van der Waals surface area contributed by atoms with E-state index >= 15 is 0 Å². The number of nitrogens with zero attached hydrogens (tertiary/aromatic N) is 2. The predicted molar refractivity (Wildman–Crippen MR) is 103 cm³/mol. The van der Waals surface area contributed by atoms with Crippen LogP contribution in [-0.2, 0) is 14.3 Å². The number of rotatable bonds is 6. The molecule has 0 aliphatic carbocycles. The van der Waals surface area contributed by atoms with E-state index in [-0.39, 0.29) is 24.3 Å². The smallest absolute Gasteiger partial charge is 0.237 e. The second-order valence-electron chi connectivity index (χ2n) is 7.14. The molecule has 148 valence electrons.